The maximum absolute atomic E-state index is 13.3. The summed E-state index contributed by atoms with van der Waals surface area (Å²) in [6, 6.07) is 12.9. The van der Waals surface area contributed by atoms with Crippen LogP contribution in [-0.2, 0) is 6.54 Å². The number of ether oxygens (including phenoxy) is 1. The molecule has 1 saturated heterocycles. The summed E-state index contributed by atoms with van der Waals surface area (Å²) in [6.07, 6.45) is 2.14. The van der Waals surface area contributed by atoms with Gasteiger partial charge in [-0.25, -0.2) is 9.37 Å². The lowest BCUT2D eigenvalue weighted by Gasteiger charge is -2.24. The Hall–Kier alpha value is -2.60. The van der Waals surface area contributed by atoms with Crippen molar-refractivity contribution in [3.8, 4) is 5.75 Å². The Bertz CT molecular complexity index is 885. The van der Waals surface area contributed by atoms with Crippen molar-refractivity contribution in [1.82, 2.24) is 14.9 Å². The number of imidazole rings is 1. The number of nitrogens with zero attached hydrogens (tertiary/aromatic N) is 2. The van der Waals surface area contributed by atoms with Crippen molar-refractivity contribution < 1.29 is 9.13 Å². The van der Waals surface area contributed by atoms with Gasteiger partial charge in [-0.05, 0) is 55.8 Å². The summed E-state index contributed by atoms with van der Waals surface area (Å²) in [6.45, 7) is 2.66. The van der Waals surface area contributed by atoms with E-state index in [-0.39, 0.29) is 5.82 Å². The van der Waals surface area contributed by atoms with Crippen molar-refractivity contribution >= 4 is 17.0 Å². The number of hydrogen-bond acceptors (Lipinski definition) is 4. The number of aromatic nitrogens is 2. The first kappa shape index (κ1) is 16.8. The normalized spacial score (nSPS) is 15.3. The number of anilines is 1. The average Bonchev–Trinajstić information content (AvgIpc) is 3.00. The molecular formula is C20H23FN4O. The number of rotatable bonds is 5. The Balaban J connectivity index is 1.72. The Kier molecular flexibility index (Phi) is 4.75. The lowest BCUT2D eigenvalue weighted by Crippen LogP contribution is -2.36. The maximum Gasteiger partial charge on any atom is 0.204 e. The van der Waals surface area contributed by atoms with Gasteiger partial charge < -0.3 is 19.9 Å². The smallest absolute Gasteiger partial charge is 0.204 e. The van der Waals surface area contributed by atoms with Crippen molar-refractivity contribution in [2.75, 3.05) is 25.5 Å². The molecule has 136 valence electrons. The highest BCUT2D eigenvalue weighted by molar-refractivity contribution is 5.80. The minimum atomic E-state index is -0.223. The van der Waals surface area contributed by atoms with Crippen LogP contribution in [0.25, 0.3) is 11.0 Å². The predicted molar refractivity (Wildman–Crippen MR) is 101 cm³/mol. The van der Waals surface area contributed by atoms with Gasteiger partial charge in [-0.2, -0.15) is 0 Å². The Morgan fingerprint density at radius 2 is 1.96 bits per heavy atom. The lowest BCUT2D eigenvalue weighted by molar-refractivity contribution is 0.415. The average molecular weight is 354 g/mol. The molecular weight excluding hydrogens is 331 g/mol. The second-order valence-corrected chi connectivity index (χ2v) is 6.67. The fourth-order valence-electron chi connectivity index (χ4n) is 3.42. The zero-order chi connectivity index (χ0) is 17.9. The number of benzene rings is 2. The molecule has 1 fully saturated rings. The highest BCUT2D eigenvalue weighted by Gasteiger charge is 2.18. The molecule has 0 saturated carbocycles. The maximum atomic E-state index is 13.3. The van der Waals surface area contributed by atoms with Crippen molar-refractivity contribution in [1.29, 1.82) is 0 Å². The first-order chi connectivity index (χ1) is 12.7. The Labute approximate surface area is 152 Å². The third kappa shape index (κ3) is 3.51. The van der Waals surface area contributed by atoms with Gasteiger partial charge in [-0.3, -0.25) is 0 Å². The van der Waals surface area contributed by atoms with E-state index in [1.165, 1.54) is 12.1 Å². The molecule has 0 atom stereocenters. The molecule has 4 rings (SSSR count). The number of piperidine rings is 1. The Morgan fingerprint density at radius 1 is 1.19 bits per heavy atom. The largest absolute Gasteiger partial charge is 0.497 e. The third-order valence-electron chi connectivity index (χ3n) is 4.88. The Morgan fingerprint density at radius 3 is 2.69 bits per heavy atom. The van der Waals surface area contributed by atoms with Gasteiger partial charge >= 0.3 is 0 Å². The minimum absolute atomic E-state index is 0.223. The minimum Gasteiger partial charge on any atom is -0.497 e. The molecule has 0 spiro atoms. The summed E-state index contributed by atoms with van der Waals surface area (Å²) in [5, 5.41) is 6.99. The number of methoxy groups -OCH3 is 1. The van der Waals surface area contributed by atoms with Crippen LogP contribution in [0.2, 0.25) is 0 Å². The van der Waals surface area contributed by atoms with Crippen LogP contribution in [0.1, 0.15) is 18.4 Å². The molecule has 2 N–H and O–H groups in total. The van der Waals surface area contributed by atoms with Crippen LogP contribution < -0.4 is 15.4 Å². The summed E-state index contributed by atoms with van der Waals surface area (Å²) in [5.41, 5.74) is 2.95. The van der Waals surface area contributed by atoms with Gasteiger partial charge in [0.1, 0.15) is 11.6 Å². The van der Waals surface area contributed by atoms with Gasteiger partial charge in [-0.15, -0.1) is 0 Å². The van der Waals surface area contributed by atoms with Crippen molar-refractivity contribution in [2.24, 2.45) is 0 Å². The van der Waals surface area contributed by atoms with Crippen LogP contribution in [0.3, 0.4) is 0 Å². The molecule has 0 unspecified atom stereocenters. The van der Waals surface area contributed by atoms with E-state index >= 15 is 0 Å². The van der Waals surface area contributed by atoms with Crippen LogP contribution in [0, 0.1) is 5.82 Å². The van der Waals surface area contributed by atoms with Crippen LogP contribution in [0.15, 0.2) is 42.5 Å². The van der Waals surface area contributed by atoms with Gasteiger partial charge in [0.15, 0.2) is 0 Å². The van der Waals surface area contributed by atoms with E-state index in [9.17, 15) is 4.39 Å². The fraction of sp³-hybridized carbons (Fsp3) is 0.350. The summed E-state index contributed by atoms with van der Waals surface area (Å²) in [4.78, 5) is 4.80. The lowest BCUT2D eigenvalue weighted by atomic mass is 10.1. The molecule has 0 aliphatic carbocycles. The number of halogens is 1. The molecule has 1 aliphatic rings. The van der Waals surface area contributed by atoms with E-state index in [0.29, 0.717) is 12.6 Å². The van der Waals surface area contributed by atoms with Gasteiger partial charge in [0.2, 0.25) is 5.95 Å². The van der Waals surface area contributed by atoms with E-state index in [1.807, 2.05) is 30.3 Å². The summed E-state index contributed by atoms with van der Waals surface area (Å²) >= 11 is 0. The zero-order valence-corrected chi connectivity index (χ0v) is 14.8. The predicted octanol–water partition coefficient (Wildman–Crippen LogP) is 3.40. The molecule has 1 aromatic heterocycles. The number of fused-ring (bicyclic) bond motifs is 1. The zero-order valence-electron chi connectivity index (χ0n) is 14.8. The second kappa shape index (κ2) is 7.33. The summed E-state index contributed by atoms with van der Waals surface area (Å²) in [5.74, 6) is 1.43. The van der Waals surface area contributed by atoms with Gasteiger partial charge in [-0.1, -0.05) is 12.1 Å². The van der Waals surface area contributed by atoms with Crippen molar-refractivity contribution in [2.45, 2.75) is 25.4 Å². The molecule has 6 heteroatoms. The van der Waals surface area contributed by atoms with Crippen molar-refractivity contribution in [3.05, 3.63) is 53.8 Å². The molecule has 0 amide bonds. The first-order valence-electron chi connectivity index (χ1n) is 8.99. The van der Waals surface area contributed by atoms with Crippen LogP contribution in [0.5, 0.6) is 5.75 Å². The van der Waals surface area contributed by atoms with Gasteiger partial charge in [0.25, 0.3) is 0 Å². The van der Waals surface area contributed by atoms with Crippen LogP contribution >= 0.6 is 0 Å². The molecule has 3 aromatic rings. The SMILES string of the molecule is COc1ccc2nc(NC3CCNCC3)n(Cc3ccc(F)cc3)c2c1. The number of nitrogens with one attached hydrogen (secondary N) is 2. The summed E-state index contributed by atoms with van der Waals surface area (Å²) < 4.78 is 20.8. The van der Waals surface area contributed by atoms with E-state index in [2.05, 4.69) is 15.2 Å². The quantitative estimate of drug-likeness (QED) is 0.737. The van der Waals surface area contributed by atoms with Crippen LogP contribution in [-0.4, -0.2) is 35.8 Å². The van der Waals surface area contributed by atoms with Gasteiger partial charge in [0.05, 0.1) is 24.7 Å². The number of hydrogen-bond donors (Lipinski definition) is 2. The van der Waals surface area contributed by atoms with E-state index < -0.39 is 0 Å². The molecule has 5 nitrogen and oxygen atoms in total. The molecule has 1 aliphatic heterocycles. The molecule has 0 radical (unpaired) electrons. The third-order valence-corrected chi connectivity index (χ3v) is 4.88. The summed E-state index contributed by atoms with van der Waals surface area (Å²) in [7, 11) is 1.66. The molecule has 2 aromatic carbocycles. The molecule has 26 heavy (non-hydrogen) atoms. The molecule has 2 heterocycles. The highest BCUT2D eigenvalue weighted by Crippen LogP contribution is 2.26. The van der Waals surface area contributed by atoms with E-state index in [0.717, 1.165) is 54.2 Å². The monoisotopic (exact) mass is 354 g/mol. The van der Waals surface area contributed by atoms with Crippen molar-refractivity contribution in [3.63, 3.8) is 0 Å². The second-order valence-electron chi connectivity index (χ2n) is 6.67. The first-order valence-corrected chi connectivity index (χ1v) is 8.99. The van der Waals surface area contributed by atoms with E-state index in [4.69, 9.17) is 9.72 Å². The standard InChI is InChI=1S/C20H23FN4O/c1-26-17-6-7-18-19(12-17)25(13-14-2-4-15(21)5-3-14)20(24-18)23-16-8-10-22-11-9-16/h2-7,12,16,22H,8-11,13H2,1H3,(H,23,24). The molecule has 0 bridgehead atoms. The van der Waals surface area contributed by atoms with E-state index in [1.54, 1.807) is 7.11 Å². The van der Waals surface area contributed by atoms with Gasteiger partial charge in [0, 0.05) is 12.1 Å². The fourth-order valence-corrected chi connectivity index (χ4v) is 3.42. The topological polar surface area (TPSA) is 51.1 Å². The van der Waals surface area contributed by atoms with Crippen LogP contribution in [0.4, 0.5) is 10.3 Å². The highest BCUT2D eigenvalue weighted by atomic mass is 19.1.